The zero-order valence-corrected chi connectivity index (χ0v) is 19.3. The Kier molecular flexibility index (Phi) is 7.17. The van der Waals surface area contributed by atoms with Crippen molar-refractivity contribution in [3.8, 4) is 5.75 Å². The van der Waals surface area contributed by atoms with E-state index in [4.69, 9.17) is 9.15 Å². The second-order valence-corrected chi connectivity index (χ2v) is 10.8. The van der Waals surface area contributed by atoms with Crippen molar-refractivity contribution in [3.63, 3.8) is 0 Å². The standard InChI is InChI=1S/C22H18N2O8S2.CH4/c1-31-18-9-10-21(33(27,28)14-15-5-4-7-17(11-15)24(25)26)19(13-18)23-34(29,30)22-12-16-6-2-3-8-20(16)32-22;/h2-13,23H,14H2,1H3;1H4. The van der Waals surface area contributed by atoms with Gasteiger partial charge in [-0.2, -0.15) is 8.42 Å². The summed E-state index contributed by atoms with van der Waals surface area (Å²) in [7, 11) is -7.07. The number of nitrogens with zero attached hydrogens (tertiary/aromatic N) is 1. The van der Waals surface area contributed by atoms with Gasteiger partial charge in [-0.3, -0.25) is 14.8 Å². The van der Waals surface area contributed by atoms with Gasteiger partial charge in [-0.25, -0.2) is 8.42 Å². The van der Waals surface area contributed by atoms with Gasteiger partial charge < -0.3 is 9.15 Å². The van der Waals surface area contributed by atoms with E-state index in [-0.39, 0.29) is 35.0 Å². The maximum absolute atomic E-state index is 13.2. The van der Waals surface area contributed by atoms with Gasteiger partial charge in [0.15, 0.2) is 9.84 Å². The Morgan fingerprint density at radius 2 is 1.71 bits per heavy atom. The van der Waals surface area contributed by atoms with Crippen LogP contribution in [0.25, 0.3) is 11.0 Å². The fourth-order valence-corrected chi connectivity index (χ4v) is 5.93. The monoisotopic (exact) mass is 518 g/mol. The van der Waals surface area contributed by atoms with E-state index in [1.807, 2.05) is 0 Å². The molecule has 1 aromatic heterocycles. The molecule has 184 valence electrons. The minimum Gasteiger partial charge on any atom is -0.497 e. The predicted molar refractivity (Wildman–Crippen MR) is 131 cm³/mol. The molecule has 0 spiro atoms. The van der Waals surface area contributed by atoms with E-state index in [2.05, 4.69) is 4.72 Å². The average molecular weight is 519 g/mol. The zero-order valence-electron chi connectivity index (χ0n) is 17.7. The van der Waals surface area contributed by atoms with E-state index in [0.717, 1.165) is 6.07 Å². The summed E-state index contributed by atoms with van der Waals surface area (Å²) in [5, 5.41) is 11.2. The quantitative estimate of drug-likeness (QED) is 0.259. The number of nitro benzene ring substituents is 1. The first kappa shape index (κ1) is 25.7. The fourth-order valence-electron chi connectivity index (χ4n) is 3.33. The molecule has 3 aromatic carbocycles. The summed E-state index contributed by atoms with van der Waals surface area (Å²) in [5.74, 6) is -0.364. The molecule has 0 fully saturated rings. The van der Waals surface area contributed by atoms with Crippen LogP contribution in [0, 0.1) is 10.1 Å². The van der Waals surface area contributed by atoms with Crippen molar-refractivity contribution in [1.29, 1.82) is 0 Å². The van der Waals surface area contributed by atoms with E-state index in [0.29, 0.717) is 11.0 Å². The first-order valence-electron chi connectivity index (χ1n) is 9.74. The molecule has 10 nitrogen and oxygen atoms in total. The van der Waals surface area contributed by atoms with Crippen LogP contribution in [-0.4, -0.2) is 28.9 Å². The second-order valence-electron chi connectivity index (χ2n) is 7.26. The summed E-state index contributed by atoms with van der Waals surface area (Å²) in [6.45, 7) is 0. The number of sulfonamides is 1. The molecule has 1 heterocycles. The van der Waals surface area contributed by atoms with E-state index in [9.17, 15) is 26.9 Å². The van der Waals surface area contributed by atoms with Crippen LogP contribution in [0.2, 0.25) is 0 Å². The Labute approximate surface area is 202 Å². The maximum atomic E-state index is 13.2. The Balaban J connectivity index is 0.00000342. The highest BCUT2D eigenvalue weighted by atomic mass is 32.2. The summed E-state index contributed by atoms with van der Waals surface area (Å²) < 4.78 is 65.2. The number of hydrogen-bond donors (Lipinski definition) is 1. The van der Waals surface area contributed by atoms with Gasteiger partial charge in [-0.15, -0.1) is 0 Å². The van der Waals surface area contributed by atoms with Crippen molar-refractivity contribution >= 4 is 42.2 Å². The first-order chi connectivity index (χ1) is 16.1. The van der Waals surface area contributed by atoms with Gasteiger partial charge in [0, 0.05) is 29.7 Å². The van der Waals surface area contributed by atoms with Crippen molar-refractivity contribution in [3.05, 3.63) is 88.5 Å². The van der Waals surface area contributed by atoms with Crippen molar-refractivity contribution in [1.82, 2.24) is 0 Å². The number of methoxy groups -OCH3 is 1. The molecule has 4 aromatic rings. The van der Waals surface area contributed by atoms with Crippen molar-refractivity contribution in [2.24, 2.45) is 0 Å². The molecule has 1 N–H and O–H groups in total. The molecular formula is C23H22N2O8S2. The highest BCUT2D eigenvalue weighted by Crippen LogP contribution is 2.32. The van der Waals surface area contributed by atoms with Gasteiger partial charge in [-0.1, -0.05) is 37.8 Å². The SMILES string of the molecule is C.COc1ccc(S(=O)(=O)Cc2cccc([N+](=O)[O-])c2)c(NS(=O)(=O)c2cc3ccccc3o2)c1. The van der Waals surface area contributed by atoms with Crippen LogP contribution in [0.5, 0.6) is 5.75 Å². The number of furan rings is 1. The number of rotatable bonds is 8. The van der Waals surface area contributed by atoms with E-state index >= 15 is 0 Å². The molecule has 0 unspecified atom stereocenters. The van der Waals surface area contributed by atoms with Crippen molar-refractivity contribution in [2.75, 3.05) is 11.8 Å². The van der Waals surface area contributed by atoms with Gasteiger partial charge >= 0.3 is 0 Å². The molecule has 0 amide bonds. The lowest BCUT2D eigenvalue weighted by Gasteiger charge is -2.14. The normalized spacial score (nSPS) is 11.6. The number of nitro groups is 1. The largest absolute Gasteiger partial charge is 0.497 e. The highest BCUT2D eigenvalue weighted by molar-refractivity contribution is 7.93. The molecule has 4 rings (SSSR count). The molecule has 35 heavy (non-hydrogen) atoms. The molecule has 0 aliphatic rings. The van der Waals surface area contributed by atoms with Gasteiger partial charge in [0.25, 0.3) is 15.7 Å². The third-order valence-electron chi connectivity index (χ3n) is 4.91. The van der Waals surface area contributed by atoms with Gasteiger partial charge in [0.05, 0.1) is 28.4 Å². The van der Waals surface area contributed by atoms with Crippen LogP contribution in [-0.2, 0) is 25.6 Å². The predicted octanol–water partition coefficient (Wildman–Crippen LogP) is 4.76. The van der Waals surface area contributed by atoms with Crippen LogP contribution in [0.4, 0.5) is 11.4 Å². The summed E-state index contributed by atoms with van der Waals surface area (Å²) >= 11 is 0. The third kappa shape index (κ3) is 5.44. The van der Waals surface area contributed by atoms with Crippen LogP contribution in [0.3, 0.4) is 0 Å². The van der Waals surface area contributed by atoms with Crippen LogP contribution in [0.1, 0.15) is 13.0 Å². The van der Waals surface area contributed by atoms with E-state index in [1.54, 1.807) is 24.3 Å². The molecule has 0 aliphatic carbocycles. The van der Waals surface area contributed by atoms with Gasteiger partial charge in [0.1, 0.15) is 11.3 Å². The molecule has 0 bridgehead atoms. The minimum absolute atomic E-state index is 0. The molecule has 0 radical (unpaired) electrons. The number of para-hydroxylation sites is 1. The van der Waals surface area contributed by atoms with Crippen molar-refractivity contribution < 1.29 is 30.9 Å². The second kappa shape index (κ2) is 9.76. The number of fused-ring (bicyclic) bond motifs is 1. The lowest BCUT2D eigenvalue weighted by Crippen LogP contribution is -2.16. The Bertz CT molecular complexity index is 1580. The topological polar surface area (TPSA) is 146 Å². The maximum Gasteiger partial charge on any atom is 0.295 e. The fraction of sp³-hybridized carbons (Fsp3) is 0.130. The zero-order chi connectivity index (χ0) is 24.5. The van der Waals surface area contributed by atoms with Crippen LogP contribution >= 0.6 is 0 Å². The Morgan fingerprint density at radius 3 is 2.40 bits per heavy atom. The molecule has 0 aliphatic heterocycles. The summed E-state index contributed by atoms with van der Waals surface area (Å²) in [4.78, 5) is 10.1. The Hall–Kier alpha value is -3.90. The minimum atomic E-state index is -4.30. The first-order valence-corrected chi connectivity index (χ1v) is 12.9. The average Bonchev–Trinajstić information content (AvgIpc) is 3.24. The number of benzene rings is 3. The number of sulfone groups is 1. The summed E-state index contributed by atoms with van der Waals surface area (Å²) in [6.07, 6.45) is 0. The molecule has 0 atom stereocenters. The number of non-ortho nitro benzene ring substituents is 1. The summed E-state index contributed by atoms with van der Waals surface area (Å²) in [6, 6.07) is 17.1. The number of hydrogen-bond acceptors (Lipinski definition) is 8. The van der Waals surface area contributed by atoms with Crippen LogP contribution < -0.4 is 9.46 Å². The van der Waals surface area contributed by atoms with Crippen molar-refractivity contribution in [2.45, 2.75) is 23.2 Å². The molecule has 0 saturated heterocycles. The molecule has 12 heteroatoms. The summed E-state index contributed by atoms with van der Waals surface area (Å²) in [5.41, 5.74) is 0.0293. The molecular weight excluding hydrogens is 496 g/mol. The number of ether oxygens (including phenoxy) is 1. The molecule has 0 saturated carbocycles. The van der Waals surface area contributed by atoms with Gasteiger partial charge in [-0.05, 0) is 23.8 Å². The lowest BCUT2D eigenvalue weighted by molar-refractivity contribution is -0.384. The number of anilines is 1. The lowest BCUT2D eigenvalue weighted by atomic mass is 10.2. The van der Waals surface area contributed by atoms with Crippen LogP contribution in [0.15, 0.2) is 87.2 Å². The van der Waals surface area contributed by atoms with E-state index in [1.165, 1.54) is 49.6 Å². The van der Waals surface area contributed by atoms with E-state index < -0.39 is 35.6 Å². The third-order valence-corrected chi connectivity index (χ3v) is 7.87. The number of nitrogens with one attached hydrogen (secondary N) is 1. The Morgan fingerprint density at radius 1 is 0.971 bits per heavy atom. The van der Waals surface area contributed by atoms with Gasteiger partial charge in [0.2, 0.25) is 5.09 Å². The highest BCUT2D eigenvalue weighted by Gasteiger charge is 2.26. The smallest absolute Gasteiger partial charge is 0.295 e.